The van der Waals surface area contributed by atoms with E-state index in [4.69, 9.17) is 19.2 Å². The molecule has 5 fully saturated rings. The molecule has 3 saturated carbocycles. The van der Waals surface area contributed by atoms with Gasteiger partial charge in [-0.25, -0.2) is 18.2 Å². The minimum Gasteiger partial charge on any atom is -0.492 e. The Kier molecular flexibility index (Phi) is 13.4. The molecule has 3 N–H and O–H groups in total. The molecule has 3 bridgehead atoms. The van der Waals surface area contributed by atoms with Crippen LogP contribution in [0.25, 0.3) is 10.9 Å². The van der Waals surface area contributed by atoms with Crippen molar-refractivity contribution in [3.63, 3.8) is 0 Å². The molecule has 16 nitrogen and oxygen atoms in total. The Bertz CT molecular complexity index is 2260. The molecule has 17 heteroatoms. The molecule has 9 rings (SSSR count). The largest absolute Gasteiger partial charge is 0.492 e. The van der Waals surface area contributed by atoms with Crippen molar-refractivity contribution in [1.82, 2.24) is 35.0 Å². The average molecular weight is 918 g/mol. The third-order valence-corrected chi connectivity index (χ3v) is 17.2. The van der Waals surface area contributed by atoms with E-state index in [2.05, 4.69) is 32.2 Å². The van der Waals surface area contributed by atoms with Crippen molar-refractivity contribution in [2.45, 2.75) is 144 Å². The highest BCUT2D eigenvalue weighted by atomic mass is 32.2. The number of alkyl carbamates (subject to hydrolysis) is 1. The fraction of sp³-hybridized carbons (Fsp3) is 0.688. The monoisotopic (exact) mass is 917 g/mol. The maximum absolute atomic E-state index is 14.9. The number of allylic oxidation sites excluding steroid dienone is 1. The molecular formula is C48H67N7O9S. The van der Waals surface area contributed by atoms with Gasteiger partial charge >= 0.3 is 6.09 Å². The number of piperazine rings is 1. The molecule has 2 saturated heterocycles. The van der Waals surface area contributed by atoms with Gasteiger partial charge < -0.3 is 39.5 Å². The van der Waals surface area contributed by atoms with Crippen LogP contribution in [0.2, 0.25) is 0 Å². The smallest absolute Gasteiger partial charge is 0.408 e. The number of hydrogen-bond donors (Lipinski definition) is 3. The summed E-state index contributed by atoms with van der Waals surface area (Å²) >= 11 is 0. The van der Waals surface area contributed by atoms with E-state index in [1.54, 1.807) is 6.92 Å². The minimum atomic E-state index is -4.00. The lowest BCUT2D eigenvalue weighted by Gasteiger charge is -2.32. The number of likely N-dealkylation sites (N-methyl/N-ethyl adjacent to an activating group) is 1. The number of carbonyl (C=O) groups is 4. The van der Waals surface area contributed by atoms with Gasteiger partial charge in [0, 0.05) is 50.4 Å². The number of hydrogen-bond acceptors (Lipinski definition) is 12. The first kappa shape index (κ1) is 45.7. The van der Waals surface area contributed by atoms with E-state index in [0.29, 0.717) is 56.5 Å². The van der Waals surface area contributed by atoms with Gasteiger partial charge in [0.1, 0.15) is 35.6 Å². The number of nitrogens with one attached hydrogen (secondary N) is 3. The lowest BCUT2D eigenvalue weighted by molar-refractivity contribution is -0.141. The molecule has 1 aromatic heterocycles. The average Bonchev–Trinajstić information content (AvgIpc) is 4.24. The van der Waals surface area contributed by atoms with Gasteiger partial charge in [0.25, 0.3) is 5.91 Å². The molecule has 7 atom stereocenters. The van der Waals surface area contributed by atoms with Crippen LogP contribution in [0.4, 0.5) is 4.79 Å². The number of para-hydroxylation sites is 1. The first-order valence-corrected chi connectivity index (χ1v) is 25.8. The van der Waals surface area contributed by atoms with E-state index >= 15 is 0 Å². The van der Waals surface area contributed by atoms with Crippen LogP contribution in [0.1, 0.15) is 109 Å². The maximum Gasteiger partial charge on any atom is 0.408 e. The van der Waals surface area contributed by atoms with E-state index in [1.807, 2.05) is 36.4 Å². The number of aromatic nitrogens is 1. The second-order valence-corrected chi connectivity index (χ2v) is 22.2. The first-order valence-electron chi connectivity index (χ1n) is 24.3. The van der Waals surface area contributed by atoms with E-state index in [0.717, 1.165) is 101 Å². The van der Waals surface area contributed by atoms with E-state index < -0.39 is 68.2 Å². The third-order valence-electron chi connectivity index (χ3n) is 15.0. The van der Waals surface area contributed by atoms with Gasteiger partial charge in [0.2, 0.25) is 27.7 Å². The molecule has 0 unspecified atom stereocenters. The predicted octanol–water partition coefficient (Wildman–Crippen LogP) is 4.59. The van der Waals surface area contributed by atoms with Crippen molar-refractivity contribution >= 4 is 44.7 Å². The highest BCUT2D eigenvalue weighted by molar-refractivity contribution is 7.91. The van der Waals surface area contributed by atoms with Gasteiger partial charge in [-0.3, -0.25) is 19.1 Å². The summed E-state index contributed by atoms with van der Waals surface area (Å²) in [7, 11) is -1.84. The lowest BCUT2D eigenvalue weighted by atomic mass is 10.0. The third kappa shape index (κ3) is 10.3. The van der Waals surface area contributed by atoms with Crippen molar-refractivity contribution in [2.24, 2.45) is 11.8 Å². The van der Waals surface area contributed by atoms with Crippen LogP contribution in [-0.4, -0.2) is 139 Å². The Balaban J connectivity index is 1.03. The maximum atomic E-state index is 14.9. The molecule has 354 valence electrons. The Hall–Kier alpha value is -4.48. The zero-order valence-electron chi connectivity index (χ0n) is 38.1. The van der Waals surface area contributed by atoms with E-state index in [1.165, 1.54) is 4.90 Å². The normalized spacial score (nSPS) is 31.7. The van der Waals surface area contributed by atoms with Gasteiger partial charge in [-0.15, -0.1) is 0 Å². The molecule has 7 aliphatic rings. The van der Waals surface area contributed by atoms with Gasteiger partial charge in [0.05, 0.1) is 29.0 Å². The van der Waals surface area contributed by atoms with Gasteiger partial charge in [-0.1, -0.05) is 50.0 Å². The molecule has 0 radical (unpaired) electrons. The van der Waals surface area contributed by atoms with E-state index in [9.17, 15) is 27.6 Å². The van der Waals surface area contributed by atoms with Crippen LogP contribution in [0.5, 0.6) is 11.6 Å². The Morgan fingerprint density at radius 2 is 1.77 bits per heavy atom. The van der Waals surface area contributed by atoms with Gasteiger partial charge in [0.15, 0.2) is 0 Å². The van der Waals surface area contributed by atoms with Gasteiger partial charge in [-0.2, -0.15) is 0 Å². The summed E-state index contributed by atoms with van der Waals surface area (Å²) in [4.78, 5) is 68.5. The Morgan fingerprint density at radius 1 is 0.985 bits per heavy atom. The zero-order chi connectivity index (χ0) is 45.3. The summed E-state index contributed by atoms with van der Waals surface area (Å²) in [5.41, 5.74) is 0.0523. The van der Waals surface area contributed by atoms with Gasteiger partial charge in [-0.05, 0) is 103 Å². The summed E-state index contributed by atoms with van der Waals surface area (Å²) < 4.78 is 47.4. The summed E-state index contributed by atoms with van der Waals surface area (Å²) in [6, 6.07) is 5.82. The highest BCUT2D eigenvalue weighted by Crippen LogP contribution is 2.48. The fourth-order valence-corrected chi connectivity index (χ4v) is 11.5. The van der Waals surface area contributed by atoms with Crippen molar-refractivity contribution in [1.29, 1.82) is 0 Å². The number of benzene rings is 1. The molecule has 5 heterocycles. The predicted molar refractivity (Wildman–Crippen MR) is 244 cm³/mol. The number of nitrogens with zero attached hydrogens (tertiary/aromatic N) is 4. The van der Waals surface area contributed by atoms with Crippen LogP contribution < -0.4 is 24.8 Å². The number of rotatable bonds is 8. The molecular weight excluding hydrogens is 851 g/mol. The van der Waals surface area contributed by atoms with E-state index in [-0.39, 0.29) is 31.4 Å². The van der Waals surface area contributed by atoms with Crippen molar-refractivity contribution in [3.8, 4) is 11.6 Å². The molecule has 3 aliphatic carbocycles. The molecule has 2 aromatic rings. The van der Waals surface area contributed by atoms with Crippen LogP contribution >= 0.6 is 0 Å². The molecule has 0 spiro atoms. The van der Waals surface area contributed by atoms with Crippen LogP contribution in [0.15, 0.2) is 36.4 Å². The summed E-state index contributed by atoms with van der Waals surface area (Å²) in [6.45, 7) is 7.25. The second kappa shape index (κ2) is 19.0. The molecule has 65 heavy (non-hydrogen) atoms. The Labute approximate surface area is 383 Å². The minimum absolute atomic E-state index is 0.0132. The van der Waals surface area contributed by atoms with Crippen molar-refractivity contribution < 1.29 is 41.8 Å². The topological polar surface area (TPSA) is 189 Å². The zero-order valence-corrected chi connectivity index (χ0v) is 38.9. The number of carbonyl (C=O) groups excluding carboxylic acids is 4. The van der Waals surface area contributed by atoms with Crippen LogP contribution in [0, 0.1) is 11.8 Å². The number of sulfonamides is 1. The lowest BCUT2D eigenvalue weighted by Crippen LogP contribution is -2.58. The number of amides is 4. The molecule has 4 amide bonds. The van der Waals surface area contributed by atoms with Crippen molar-refractivity contribution in [2.75, 3.05) is 52.9 Å². The van der Waals surface area contributed by atoms with Crippen LogP contribution in [-0.2, 0) is 35.6 Å². The standard InChI is InChI=1S/C48H67N7O9S/c1-47(20-21-47)65(60,61)52-45(58)48-30-33(48)15-8-4-3-5-10-19-38-44(57)55-31-34(29-39(55)42(56)51-48)63-43-36(17-9-6-7-14-32-28-40(32)64-46(59)50-38)41(35-16-11-12-18-37(35)49-43)62-27-13-22-54-25-23-53(2)24-26-54/h8,11-12,15-16,18,32-34,38-40H,3-7,9-10,13-14,17,19-31H2,1-2H3,(H,50,59)(H,51,56)(H,52,58)/b15-8-/t32-,33-,34-,38+,39+,40-,48-/m1/s1. The number of ether oxygens (including phenoxy) is 3. The fourth-order valence-electron chi connectivity index (χ4n) is 10.2. The Morgan fingerprint density at radius 3 is 2.58 bits per heavy atom. The summed E-state index contributed by atoms with van der Waals surface area (Å²) in [5, 5.41) is 6.75. The van der Waals surface area contributed by atoms with Crippen molar-refractivity contribution in [3.05, 3.63) is 42.0 Å². The highest BCUT2D eigenvalue weighted by Gasteiger charge is 2.63. The number of fused-ring (bicyclic) bond motifs is 6. The summed E-state index contributed by atoms with van der Waals surface area (Å²) in [5.74, 6) is -0.830. The second-order valence-electron chi connectivity index (χ2n) is 20.0. The number of pyridine rings is 1. The molecule has 4 aliphatic heterocycles. The first-order chi connectivity index (χ1) is 31.3. The SMILES string of the molecule is CN1CCN(CCCOc2c3c(nc4ccccc24)O[C@@H]2C[C@H]4C(=O)N[C@]5(C(=O)NS(=O)(=O)C6(C)CC6)C[C@H]5/C=C\CCCCC[C@H](NC(=O)O[C@@H]5C[C@H]5CCCCC3)C(=O)N4C2)CC1. The van der Waals surface area contributed by atoms with Crippen LogP contribution in [0.3, 0.4) is 0 Å². The summed E-state index contributed by atoms with van der Waals surface area (Å²) in [6.07, 6.45) is 12.8. The quantitative estimate of drug-likeness (QED) is 0.247. The molecule has 1 aromatic carbocycles.